The highest BCUT2D eigenvalue weighted by Gasteiger charge is 2.21. The summed E-state index contributed by atoms with van der Waals surface area (Å²) in [5, 5.41) is 11.2. The van der Waals surface area contributed by atoms with Crippen LogP contribution in [0.25, 0.3) is 0 Å². The molecule has 1 atom stereocenters. The molecule has 0 aliphatic rings. The highest BCUT2D eigenvalue weighted by atomic mass is 16.6. The van der Waals surface area contributed by atoms with Gasteiger partial charge in [-0.1, -0.05) is 0 Å². The highest BCUT2D eigenvalue weighted by molar-refractivity contribution is 5.84. The van der Waals surface area contributed by atoms with E-state index in [9.17, 15) is 9.59 Å². The van der Waals surface area contributed by atoms with Crippen molar-refractivity contribution in [3.05, 3.63) is 17.8 Å². The summed E-state index contributed by atoms with van der Waals surface area (Å²) >= 11 is 0. The number of nitrogens with zero attached hydrogens (tertiary/aromatic N) is 1. The topological polar surface area (TPSA) is 102 Å². The Morgan fingerprint density at radius 2 is 2.11 bits per heavy atom. The van der Waals surface area contributed by atoms with E-state index in [-0.39, 0.29) is 11.6 Å². The van der Waals surface area contributed by atoms with Gasteiger partial charge in [0.05, 0.1) is 0 Å². The molecule has 100 valence electrons. The Kier molecular flexibility index (Phi) is 3.95. The molecule has 7 nitrogen and oxygen atoms in total. The fourth-order valence-corrected chi connectivity index (χ4v) is 1.13. The number of carbonyl (C=O) groups is 2. The van der Waals surface area contributed by atoms with Crippen LogP contribution in [-0.2, 0) is 4.74 Å². The highest BCUT2D eigenvalue weighted by Crippen LogP contribution is 2.13. The third kappa shape index (κ3) is 4.08. The lowest BCUT2D eigenvalue weighted by Crippen LogP contribution is -2.34. The fraction of sp³-hybridized carbons (Fsp3) is 0.545. The molecule has 0 aromatic carbocycles. The summed E-state index contributed by atoms with van der Waals surface area (Å²) in [6.07, 6.45) is 0.398. The molecule has 0 aliphatic carbocycles. The number of aromatic nitrogens is 1. The number of ether oxygens (including phenoxy) is 1. The van der Waals surface area contributed by atoms with Gasteiger partial charge < -0.3 is 19.6 Å². The molecule has 18 heavy (non-hydrogen) atoms. The Bertz CT molecular complexity index is 447. The molecule has 7 heteroatoms. The number of carboxylic acids is 1. The molecule has 0 saturated heterocycles. The first kappa shape index (κ1) is 14.0. The van der Waals surface area contributed by atoms with Crippen LogP contribution < -0.4 is 5.32 Å². The number of amides is 1. The molecule has 1 aromatic rings. The van der Waals surface area contributed by atoms with Gasteiger partial charge in [0.15, 0.2) is 5.69 Å². The van der Waals surface area contributed by atoms with Crippen LogP contribution in [0.4, 0.5) is 4.79 Å². The molecule has 1 rings (SSSR count). The van der Waals surface area contributed by atoms with E-state index >= 15 is 0 Å². The van der Waals surface area contributed by atoms with Crippen LogP contribution in [-0.4, -0.2) is 27.8 Å². The monoisotopic (exact) mass is 256 g/mol. The maximum absolute atomic E-state index is 11.5. The molecule has 0 saturated carbocycles. The Morgan fingerprint density at radius 3 is 2.56 bits per heavy atom. The van der Waals surface area contributed by atoms with Gasteiger partial charge in [-0.2, -0.15) is 0 Å². The molecular formula is C11H16N2O5. The number of alkyl carbamates (subject to hydrolysis) is 1. The summed E-state index contributed by atoms with van der Waals surface area (Å²) in [5.41, 5.74) is -0.810. The van der Waals surface area contributed by atoms with Crippen molar-refractivity contribution < 1.29 is 23.8 Å². The van der Waals surface area contributed by atoms with Crippen molar-refractivity contribution in [2.75, 3.05) is 0 Å². The maximum Gasteiger partial charge on any atom is 0.408 e. The summed E-state index contributed by atoms with van der Waals surface area (Å²) in [4.78, 5) is 25.8. The van der Waals surface area contributed by atoms with E-state index in [0.29, 0.717) is 0 Å². The third-order valence-electron chi connectivity index (χ3n) is 1.84. The van der Waals surface area contributed by atoms with Crippen molar-refractivity contribution in [2.24, 2.45) is 0 Å². The van der Waals surface area contributed by atoms with Crippen molar-refractivity contribution in [2.45, 2.75) is 39.3 Å². The van der Waals surface area contributed by atoms with E-state index in [2.05, 4.69) is 10.3 Å². The lowest BCUT2D eigenvalue weighted by Gasteiger charge is -2.20. The zero-order valence-electron chi connectivity index (χ0n) is 10.7. The number of aromatic carboxylic acids is 1. The zero-order chi connectivity index (χ0) is 13.9. The van der Waals surface area contributed by atoms with Gasteiger partial charge in [0.2, 0.25) is 5.89 Å². The van der Waals surface area contributed by atoms with Crippen LogP contribution >= 0.6 is 0 Å². The number of oxazole rings is 1. The average Bonchev–Trinajstić information content (AvgIpc) is 2.62. The molecule has 0 aliphatic heterocycles. The minimum absolute atomic E-state index is 0.109. The largest absolute Gasteiger partial charge is 0.476 e. The quantitative estimate of drug-likeness (QED) is 0.857. The summed E-state index contributed by atoms with van der Waals surface area (Å²) in [6, 6.07) is -0.576. The Balaban J connectivity index is 2.62. The number of rotatable bonds is 3. The number of nitrogens with one attached hydrogen (secondary N) is 1. The first-order chi connectivity index (χ1) is 8.19. The van der Waals surface area contributed by atoms with E-state index in [1.807, 2.05) is 0 Å². The predicted molar refractivity (Wildman–Crippen MR) is 61.2 cm³/mol. The number of hydrogen-bond acceptors (Lipinski definition) is 5. The van der Waals surface area contributed by atoms with Crippen LogP contribution in [0.2, 0.25) is 0 Å². The molecule has 1 aromatic heterocycles. The van der Waals surface area contributed by atoms with Crippen molar-refractivity contribution in [1.29, 1.82) is 0 Å². The molecule has 0 spiro atoms. The molecular weight excluding hydrogens is 240 g/mol. The van der Waals surface area contributed by atoms with E-state index in [0.717, 1.165) is 6.26 Å². The average molecular weight is 256 g/mol. The first-order valence-corrected chi connectivity index (χ1v) is 5.37. The van der Waals surface area contributed by atoms with Crippen LogP contribution in [0.15, 0.2) is 10.7 Å². The van der Waals surface area contributed by atoms with Gasteiger partial charge in [-0.05, 0) is 27.7 Å². The molecule has 0 bridgehead atoms. The van der Waals surface area contributed by atoms with Crippen LogP contribution in [0, 0.1) is 0 Å². The lowest BCUT2D eigenvalue weighted by molar-refractivity contribution is 0.0500. The van der Waals surface area contributed by atoms with Gasteiger partial charge in [-0.15, -0.1) is 0 Å². The second-order valence-corrected chi connectivity index (χ2v) is 4.74. The van der Waals surface area contributed by atoms with Gasteiger partial charge >= 0.3 is 12.1 Å². The van der Waals surface area contributed by atoms with Gasteiger partial charge in [-0.3, -0.25) is 0 Å². The second kappa shape index (κ2) is 5.07. The Labute approximate surface area is 104 Å². The van der Waals surface area contributed by atoms with E-state index in [4.69, 9.17) is 14.3 Å². The summed E-state index contributed by atoms with van der Waals surface area (Å²) in [7, 11) is 0. The predicted octanol–water partition coefficient (Wildman–Crippen LogP) is 1.96. The van der Waals surface area contributed by atoms with Gasteiger partial charge in [0.25, 0.3) is 0 Å². The summed E-state index contributed by atoms with van der Waals surface area (Å²) < 4.78 is 10.0. The van der Waals surface area contributed by atoms with Crippen molar-refractivity contribution in [3.63, 3.8) is 0 Å². The Hall–Kier alpha value is -2.05. The number of carbonyl (C=O) groups excluding carboxylic acids is 1. The smallest absolute Gasteiger partial charge is 0.408 e. The number of carboxylic acid groups (broad SMARTS) is 1. The zero-order valence-corrected chi connectivity index (χ0v) is 10.7. The van der Waals surface area contributed by atoms with E-state index in [1.165, 1.54) is 0 Å². The lowest BCUT2D eigenvalue weighted by atomic mass is 10.2. The Morgan fingerprint density at radius 1 is 1.50 bits per heavy atom. The SMILES string of the molecule is C[C@@H](NC(=O)OC(C)(C)C)c1nc(C(=O)O)co1. The molecule has 0 fully saturated rings. The second-order valence-electron chi connectivity index (χ2n) is 4.74. The van der Waals surface area contributed by atoms with Crippen molar-refractivity contribution in [1.82, 2.24) is 10.3 Å². The first-order valence-electron chi connectivity index (χ1n) is 5.37. The molecule has 1 heterocycles. The molecule has 0 radical (unpaired) electrons. The molecule has 1 amide bonds. The van der Waals surface area contributed by atoms with E-state index < -0.39 is 23.7 Å². The molecule has 2 N–H and O–H groups in total. The van der Waals surface area contributed by atoms with Crippen LogP contribution in [0.3, 0.4) is 0 Å². The minimum atomic E-state index is -1.19. The minimum Gasteiger partial charge on any atom is -0.476 e. The van der Waals surface area contributed by atoms with E-state index in [1.54, 1.807) is 27.7 Å². The molecule has 0 unspecified atom stereocenters. The van der Waals surface area contributed by atoms with Crippen molar-refractivity contribution >= 4 is 12.1 Å². The maximum atomic E-state index is 11.5. The van der Waals surface area contributed by atoms with Gasteiger partial charge in [0, 0.05) is 0 Å². The fourth-order valence-electron chi connectivity index (χ4n) is 1.13. The van der Waals surface area contributed by atoms with Crippen LogP contribution in [0.5, 0.6) is 0 Å². The normalized spacial score (nSPS) is 12.9. The van der Waals surface area contributed by atoms with Gasteiger partial charge in [-0.25, -0.2) is 14.6 Å². The number of hydrogen-bond donors (Lipinski definition) is 2. The van der Waals surface area contributed by atoms with Gasteiger partial charge in [0.1, 0.15) is 17.9 Å². The third-order valence-corrected chi connectivity index (χ3v) is 1.84. The summed E-state index contributed by atoms with van der Waals surface area (Å²) in [6.45, 7) is 6.84. The standard InChI is InChI=1S/C11H16N2O5/c1-6(12-10(16)18-11(2,3)4)8-13-7(5-17-8)9(14)15/h5-6H,1-4H3,(H,12,16)(H,14,15)/t6-/m1/s1. The summed E-state index contributed by atoms with van der Waals surface area (Å²) in [5.74, 6) is -1.08. The van der Waals surface area contributed by atoms with Crippen LogP contribution in [0.1, 0.15) is 50.1 Å². The van der Waals surface area contributed by atoms with Crippen molar-refractivity contribution in [3.8, 4) is 0 Å².